The lowest BCUT2D eigenvalue weighted by atomic mass is 10.2. The third-order valence-electron chi connectivity index (χ3n) is 3.19. The second-order valence-corrected chi connectivity index (χ2v) is 4.61. The van der Waals surface area contributed by atoms with Crippen LogP contribution < -0.4 is 10.1 Å². The molecule has 1 aliphatic rings. The molecule has 0 bridgehead atoms. The summed E-state index contributed by atoms with van der Waals surface area (Å²) in [6.45, 7) is 4.30. The second kappa shape index (κ2) is 5.25. The SMILES string of the molecule is CCOc1cccc(NC(C)C2CC2)c1[N+](=O)[O-]. The van der Waals surface area contributed by atoms with Crippen LogP contribution in [-0.2, 0) is 0 Å². The number of nitro benzene ring substituents is 1. The van der Waals surface area contributed by atoms with Crippen LogP contribution >= 0.6 is 0 Å². The van der Waals surface area contributed by atoms with Crippen LogP contribution in [0.15, 0.2) is 18.2 Å². The average Bonchev–Trinajstić information content (AvgIpc) is 3.12. The third kappa shape index (κ3) is 2.72. The molecule has 5 heteroatoms. The summed E-state index contributed by atoms with van der Waals surface area (Å²) in [5.41, 5.74) is 0.581. The van der Waals surface area contributed by atoms with E-state index in [1.807, 2.05) is 6.92 Å². The van der Waals surface area contributed by atoms with Gasteiger partial charge in [-0.25, -0.2) is 0 Å². The molecule has 0 saturated heterocycles. The molecule has 1 saturated carbocycles. The predicted octanol–water partition coefficient (Wildman–Crippen LogP) is 3.20. The molecule has 1 aliphatic carbocycles. The van der Waals surface area contributed by atoms with Crippen molar-refractivity contribution < 1.29 is 9.66 Å². The molecule has 1 fully saturated rings. The van der Waals surface area contributed by atoms with Gasteiger partial charge in [-0.1, -0.05) is 6.07 Å². The summed E-state index contributed by atoms with van der Waals surface area (Å²) in [7, 11) is 0. The summed E-state index contributed by atoms with van der Waals surface area (Å²) in [4.78, 5) is 10.8. The molecular formula is C13H18N2O3. The van der Waals surface area contributed by atoms with Crippen LogP contribution in [0.4, 0.5) is 11.4 Å². The van der Waals surface area contributed by atoms with E-state index in [-0.39, 0.29) is 16.7 Å². The number of hydrogen-bond acceptors (Lipinski definition) is 4. The van der Waals surface area contributed by atoms with Crippen molar-refractivity contribution in [2.45, 2.75) is 32.7 Å². The summed E-state index contributed by atoms with van der Waals surface area (Å²) in [5.74, 6) is 0.968. The minimum Gasteiger partial charge on any atom is -0.487 e. The van der Waals surface area contributed by atoms with Gasteiger partial charge in [-0.2, -0.15) is 0 Å². The Morgan fingerprint density at radius 1 is 1.56 bits per heavy atom. The van der Waals surface area contributed by atoms with Crippen LogP contribution in [0.2, 0.25) is 0 Å². The first-order valence-corrected chi connectivity index (χ1v) is 6.30. The van der Waals surface area contributed by atoms with Crippen LogP contribution in [0.5, 0.6) is 5.75 Å². The number of rotatable bonds is 6. The fourth-order valence-corrected chi connectivity index (χ4v) is 2.06. The number of ether oxygens (including phenoxy) is 1. The standard InChI is InChI=1S/C13H18N2O3/c1-3-18-12-6-4-5-11(13(12)15(16)17)14-9(2)10-7-8-10/h4-6,9-10,14H,3,7-8H2,1-2H3. The van der Waals surface area contributed by atoms with E-state index < -0.39 is 0 Å². The van der Waals surface area contributed by atoms with Gasteiger partial charge in [0.05, 0.1) is 11.5 Å². The van der Waals surface area contributed by atoms with Crippen molar-refractivity contribution in [1.82, 2.24) is 0 Å². The zero-order valence-electron chi connectivity index (χ0n) is 10.7. The van der Waals surface area contributed by atoms with Gasteiger partial charge in [0, 0.05) is 6.04 Å². The molecule has 2 rings (SSSR count). The Hall–Kier alpha value is -1.78. The normalized spacial score (nSPS) is 16.1. The number of anilines is 1. The Morgan fingerprint density at radius 2 is 2.28 bits per heavy atom. The molecule has 5 nitrogen and oxygen atoms in total. The van der Waals surface area contributed by atoms with Gasteiger partial charge < -0.3 is 10.1 Å². The minimum atomic E-state index is -0.382. The van der Waals surface area contributed by atoms with Gasteiger partial charge in [0.25, 0.3) is 0 Å². The maximum Gasteiger partial charge on any atom is 0.333 e. The smallest absolute Gasteiger partial charge is 0.333 e. The first-order valence-electron chi connectivity index (χ1n) is 6.30. The van der Waals surface area contributed by atoms with Gasteiger partial charge in [0.15, 0.2) is 5.75 Å². The quantitative estimate of drug-likeness (QED) is 0.622. The van der Waals surface area contributed by atoms with Crippen LogP contribution in [-0.4, -0.2) is 17.6 Å². The van der Waals surface area contributed by atoms with Gasteiger partial charge >= 0.3 is 5.69 Å². The summed E-state index contributed by atoms with van der Waals surface area (Å²) in [6.07, 6.45) is 2.40. The molecule has 0 aliphatic heterocycles. The molecule has 0 heterocycles. The molecule has 1 N–H and O–H groups in total. The third-order valence-corrected chi connectivity index (χ3v) is 3.19. The van der Waals surface area contributed by atoms with Crippen molar-refractivity contribution in [1.29, 1.82) is 0 Å². The van der Waals surface area contributed by atoms with E-state index in [1.165, 1.54) is 12.8 Å². The van der Waals surface area contributed by atoms with E-state index in [2.05, 4.69) is 12.2 Å². The van der Waals surface area contributed by atoms with Gasteiger partial charge in [0.2, 0.25) is 0 Å². The molecule has 0 spiro atoms. The van der Waals surface area contributed by atoms with Crippen molar-refractivity contribution in [2.24, 2.45) is 5.92 Å². The fourth-order valence-electron chi connectivity index (χ4n) is 2.06. The fraction of sp³-hybridized carbons (Fsp3) is 0.538. The highest BCUT2D eigenvalue weighted by molar-refractivity contribution is 5.68. The highest BCUT2D eigenvalue weighted by Gasteiger charge is 2.30. The summed E-state index contributed by atoms with van der Waals surface area (Å²) in [5, 5.41) is 14.4. The van der Waals surface area contributed by atoms with E-state index in [1.54, 1.807) is 18.2 Å². The monoisotopic (exact) mass is 250 g/mol. The molecule has 0 amide bonds. The lowest BCUT2D eigenvalue weighted by molar-refractivity contribution is -0.385. The van der Waals surface area contributed by atoms with Crippen LogP contribution in [0, 0.1) is 16.0 Å². The highest BCUT2D eigenvalue weighted by atomic mass is 16.6. The van der Waals surface area contributed by atoms with Crippen LogP contribution in [0.3, 0.4) is 0 Å². The minimum absolute atomic E-state index is 0.0341. The van der Waals surface area contributed by atoms with Gasteiger partial charge in [-0.15, -0.1) is 0 Å². The molecule has 0 aromatic heterocycles. The number of para-hydroxylation sites is 1. The largest absolute Gasteiger partial charge is 0.487 e. The lowest BCUT2D eigenvalue weighted by Crippen LogP contribution is -2.18. The summed E-state index contributed by atoms with van der Waals surface area (Å²) < 4.78 is 5.31. The number of nitrogens with one attached hydrogen (secondary N) is 1. The van der Waals surface area contributed by atoms with Crippen LogP contribution in [0.25, 0.3) is 0 Å². The molecule has 18 heavy (non-hydrogen) atoms. The van der Waals surface area contributed by atoms with E-state index in [9.17, 15) is 10.1 Å². The Kier molecular flexibility index (Phi) is 3.69. The summed E-state index contributed by atoms with van der Waals surface area (Å²) in [6, 6.07) is 5.41. The van der Waals surface area contributed by atoms with Gasteiger partial charge in [-0.3, -0.25) is 10.1 Å². The van der Waals surface area contributed by atoms with Crippen molar-refractivity contribution in [3.05, 3.63) is 28.3 Å². The van der Waals surface area contributed by atoms with E-state index in [0.29, 0.717) is 24.0 Å². The number of nitrogens with zero attached hydrogens (tertiary/aromatic N) is 1. The first kappa shape index (κ1) is 12.7. The maximum atomic E-state index is 11.2. The van der Waals surface area contributed by atoms with Crippen LogP contribution in [0.1, 0.15) is 26.7 Å². The van der Waals surface area contributed by atoms with E-state index >= 15 is 0 Å². The van der Waals surface area contributed by atoms with Crippen molar-refractivity contribution >= 4 is 11.4 Å². The number of nitro groups is 1. The second-order valence-electron chi connectivity index (χ2n) is 4.61. The molecule has 1 atom stereocenters. The summed E-state index contributed by atoms with van der Waals surface area (Å²) >= 11 is 0. The van der Waals surface area contributed by atoms with Gasteiger partial charge in [0.1, 0.15) is 5.69 Å². The zero-order valence-corrected chi connectivity index (χ0v) is 10.7. The maximum absolute atomic E-state index is 11.2. The Balaban J connectivity index is 2.26. The average molecular weight is 250 g/mol. The molecule has 98 valence electrons. The molecular weight excluding hydrogens is 232 g/mol. The molecule has 1 unspecified atom stereocenters. The number of hydrogen-bond donors (Lipinski definition) is 1. The van der Waals surface area contributed by atoms with Crippen molar-refractivity contribution in [2.75, 3.05) is 11.9 Å². The molecule has 0 radical (unpaired) electrons. The highest BCUT2D eigenvalue weighted by Crippen LogP contribution is 2.38. The van der Waals surface area contributed by atoms with Gasteiger partial charge in [-0.05, 0) is 44.7 Å². The Bertz CT molecular complexity index is 444. The van der Waals surface area contributed by atoms with Crippen molar-refractivity contribution in [3.8, 4) is 5.75 Å². The predicted molar refractivity (Wildman–Crippen MR) is 70.1 cm³/mol. The Labute approximate surface area is 106 Å². The molecule has 1 aromatic rings. The Morgan fingerprint density at radius 3 is 2.83 bits per heavy atom. The first-order chi connectivity index (χ1) is 8.63. The van der Waals surface area contributed by atoms with E-state index in [4.69, 9.17) is 4.74 Å². The van der Waals surface area contributed by atoms with E-state index in [0.717, 1.165) is 0 Å². The zero-order chi connectivity index (χ0) is 13.1. The van der Waals surface area contributed by atoms with Crippen molar-refractivity contribution in [3.63, 3.8) is 0 Å². The number of benzene rings is 1. The topological polar surface area (TPSA) is 64.4 Å². The lowest BCUT2D eigenvalue weighted by Gasteiger charge is -2.15. The molecule has 1 aromatic carbocycles.